The predicted octanol–water partition coefficient (Wildman–Crippen LogP) is 2.50. The number of hydrogen-bond donors (Lipinski definition) is 0. The molecule has 22 heavy (non-hydrogen) atoms. The zero-order valence-electron chi connectivity index (χ0n) is 14.0. The van der Waals surface area contributed by atoms with Gasteiger partial charge >= 0.3 is 0 Å². The van der Waals surface area contributed by atoms with Crippen molar-refractivity contribution >= 4 is 0 Å². The average Bonchev–Trinajstić information content (AvgIpc) is 2.58. The second-order valence-electron chi connectivity index (χ2n) is 5.91. The summed E-state index contributed by atoms with van der Waals surface area (Å²) >= 11 is 0. The summed E-state index contributed by atoms with van der Waals surface area (Å²) in [4.78, 5) is 5.15. The van der Waals surface area contributed by atoms with Gasteiger partial charge in [-0.05, 0) is 25.0 Å². The number of nitrogens with zero attached hydrogens (tertiary/aromatic N) is 2. The van der Waals surface area contributed by atoms with Crippen molar-refractivity contribution < 1.29 is 9.47 Å². The molecule has 124 valence electrons. The van der Waals surface area contributed by atoms with Gasteiger partial charge in [0.1, 0.15) is 5.75 Å². The van der Waals surface area contributed by atoms with Gasteiger partial charge in [0.2, 0.25) is 0 Å². The molecule has 1 saturated heterocycles. The number of para-hydroxylation sites is 1. The lowest BCUT2D eigenvalue weighted by Gasteiger charge is -2.41. The van der Waals surface area contributed by atoms with Gasteiger partial charge in [-0.1, -0.05) is 25.1 Å². The largest absolute Gasteiger partial charge is 0.494 e. The zero-order chi connectivity index (χ0) is 15.6. The molecule has 1 aliphatic heterocycles. The van der Waals surface area contributed by atoms with Crippen LogP contribution in [-0.2, 0) is 4.74 Å². The van der Waals surface area contributed by atoms with Crippen LogP contribution in [0.15, 0.2) is 30.3 Å². The van der Waals surface area contributed by atoms with Crippen LogP contribution < -0.4 is 4.74 Å². The summed E-state index contributed by atoms with van der Waals surface area (Å²) in [6, 6.07) is 10.7. The summed E-state index contributed by atoms with van der Waals surface area (Å²) in [6.45, 7) is 9.58. The highest BCUT2D eigenvalue weighted by Gasteiger charge is 2.24. The van der Waals surface area contributed by atoms with Gasteiger partial charge in [0.15, 0.2) is 0 Å². The number of hydrogen-bond acceptors (Lipinski definition) is 4. The van der Waals surface area contributed by atoms with E-state index in [9.17, 15) is 0 Å². The van der Waals surface area contributed by atoms with Gasteiger partial charge in [0, 0.05) is 45.9 Å². The number of ether oxygens (including phenoxy) is 2. The molecule has 0 saturated carbocycles. The first kappa shape index (κ1) is 17.3. The lowest BCUT2D eigenvalue weighted by molar-refractivity contribution is 0.0478. The van der Waals surface area contributed by atoms with E-state index >= 15 is 0 Å². The third-order valence-corrected chi connectivity index (χ3v) is 4.37. The molecule has 1 aliphatic rings. The Kier molecular flexibility index (Phi) is 7.71. The van der Waals surface area contributed by atoms with Gasteiger partial charge in [-0.25, -0.2) is 0 Å². The van der Waals surface area contributed by atoms with Gasteiger partial charge in [-0.2, -0.15) is 0 Å². The van der Waals surface area contributed by atoms with Gasteiger partial charge in [0.25, 0.3) is 0 Å². The van der Waals surface area contributed by atoms with E-state index in [1.807, 2.05) is 30.3 Å². The maximum atomic E-state index is 5.77. The van der Waals surface area contributed by atoms with Crippen molar-refractivity contribution in [2.75, 3.05) is 53.0 Å². The van der Waals surface area contributed by atoms with Crippen LogP contribution in [0.3, 0.4) is 0 Å². The number of piperazine rings is 1. The van der Waals surface area contributed by atoms with Crippen LogP contribution >= 0.6 is 0 Å². The fraction of sp³-hybridized carbons (Fsp3) is 0.667. The third kappa shape index (κ3) is 5.59. The molecular weight excluding hydrogens is 276 g/mol. The molecule has 0 radical (unpaired) electrons. The Balaban J connectivity index is 1.64. The van der Waals surface area contributed by atoms with Crippen LogP contribution in [0.4, 0.5) is 0 Å². The topological polar surface area (TPSA) is 24.9 Å². The van der Waals surface area contributed by atoms with Crippen LogP contribution in [-0.4, -0.2) is 68.9 Å². The minimum atomic E-state index is 0.666. The van der Waals surface area contributed by atoms with E-state index in [0.717, 1.165) is 51.6 Å². The Morgan fingerprint density at radius 2 is 1.91 bits per heavy atom. The lowest BCUT2D eigenvalue weighted by atomic mass is 10.1. The van der Waals surface area contributed by atoms with Crippen LogP contribution in [0.5, 0.6) is 5.75 Å². The summed E-state index contributed by atoms with van der Waals surface area (Å²) in [5.41, 5.74) is 0. The molecule has 0 amide bonds. The molecule has 4 heteroatoms. The zero-order valence-corrected chi connectivity index (χ0v) is 14.0. The summed E-state index contributed by atoms with van der Waals surface area (Å²) < 4.78 is 11.0. The lowest BCUT2D eigenvalue weighted by Crippen LogP contribution is -2.53. The van der Waals surface area contributed by atoms with E-state index in [0.29, 0.717) is 6.04 Å². The molecule has 1 heterocycles. The maximum Gasteiger partial charge on any atom is 0.119 e. The molecular formula is C18H30N2O2. The maximum absolute atomic E-state index is 5.77. The van der Waals surface area contributed by atoms with Crippen molar-refractivity contribution in [3.8, 4) is 5.75 Å². The van der Waals surface area contributed by atoms with E-state index in [1.54, 1.807) is 7.11 Å². The first-order valence-corrected chi connectivity index (χ1v) is 8.46. The van der Waals surface area contributed by atoms with E-state index in [2.05, 4.69) is 16.7 Å². The number of methoxy groups -OCH3 is 1. The van der Waals surface area contributed by atoms with E-state index in [1.165, 1.54) is 13.0 Å². The van der Waals surface area contributed by atoms with Crippen molar-refractivity contribution in [2.45, 2.75) is 25.8 Å². The Hall–Kier alpha value is -1.10. The van der Waals surface area contributed by atoms with Gasteiger partial charge in [-0.3, -0.25) is 4.90 Å². The monoisotopic (exact) mass is 306 g/mol. The molecule has 4 nitrogen and oxygen atoms in total. The Morgan fingerprint density at radius 3 is 2.64 bits per heavy atom. The normalized spacial score (nSPS) is 20.2. The first-order valence-electron chi connectivity index (χ1n) is 8.46. The molecule has 1 unspecified atom stereocenters. The van der Waals surface area contributed by atoms with Crippen LogP contribution in [0.25, 0.3) is 0 Å². The second kappa shape index (κ2) is 9.82. The summed E-state index contributed by atoms with van der Waals surface area (Å²) in [5.74, 6) is 0.971. The molecule has 0 spiro atoms. The molecule has 0 aromatic heterocycles. The summed E-state index contributed by atoms with van der Waals surface area (Å²) in [5, 5.41) is 0. The predicted molar refractivity (Wildman–Crippen MR) is 90.5 cm³/mol. The van der Waals surface area contributed by atoms with E-state index in [-0.39, 0.29) is 0 Å². The quantitative estimate of drug-likeness (QED) is 0.655. The van der Waals surface area contributed by atoms with Gasteiger partial charge in [0.05, 0.1) is 13.2 Å². The van der Waals surface area contributed by atoms with Crippen molar-refractivity contribution in [3.05, 3.63) is 30.3 Å². The standard InChI is InChI=1S/C18H30N2O2/c1-3-17-16-19(11-12-20(17)13-15-21-2)10-7-14-22-18-8-5-4-6-9-18/h4-6,8-9,17H,3,7,10-16H2,1-2H3. The van der Waals surface area contributed by atoms with Crippen molar-refractivity contribution in [2.24, 2.45) is 0 Å². The minimum absolute atomic E-state index is 0.666. The smallest absolute Gasteiger partial charge is 0.119 e. The molecule has 1 atom stereocenters. The van der Waals surface area contributed by atoms with Crippen LogP contribution in [0, 0.1) is 0 Å². The fourth-order valence-electron chi connectivity index (χ4n) is 3.05. The molecule has 2 rings (SSSR count). The minimum Gasteiger partial charge on any atom is -0.494 e. The highest BCUT2D eigenvalue weighted by Crippen LogP contribution is 2.13. The Labute approximate surface area is 135 Å². The summed E-state index contributed by atoms with van der Waals surface area (Å²) in [6.07, 6.45) is 2.30. The van der Waals surface area contributed by atoms with Crippen molar-refractivity contribution in [1.82, 2.24) is 9.80 Å². The highest BCUT2D eigenvalue weighted by atomic mass is 16.5. The van der Waals surface area contributed by atoms with E-state index in [4.69, 9.17) is 9.47 Å². The Morgan fingerprint density at radius 1 is 1.09 bits per heavy atom. The van der Waals surface area contributed by atoms with Crippen LogP contribution in [0.1, 0.15) is 19.8 Å². The number of benzene rings is 1. The fourth-order valence-corrected chi connectivity index (χ4v) is 3.05. The molecule has 0 bridgehead atoms. The first-order chi connectivity index (χ1) is 10.8. The molecule has 1 fully saturated rings. The molecule has 0 aliphatic carbocycles. The number of rotatable bonds is 9. The highest BCUT2D eigenvalue weighted by molar-refractivity contribution is 5.20. The SMILES string of the molecule is CCC1CN(CCCOc2ccccc2)CCN1CCOC. The van der Waals surface area contributed by atoms with Gasteiger partial charge in [-0.15, -0.1) is 0 Å². The average molecular weight is 306 g/mol. The van der Waals surface area contributed by atoms with Crippen LogP contribution in [0.2, 0.25) is 0 Å². The molecule has 1 aromatic rings. The third-order valence-electron chi connectivity index (χ3n) is 4.37. The summed E-state index contributed by atoms with van der Waals surface area (Å²) in [7, 11) is 1.78. The van der Waals surface area contributed by atoms with E-state index < -0.39 is 0 Å². The Bertz CT molecular complexity index is 399. The molecule has 1 aromatic carbocycles. The van der Waals surface area contributed by atoms with Crippen molar-refractivity contribution in [3.63, 3.8) is 0 Å². The van der Waals surface area contributed by atoms with Crippen molar-refractivity contribution in [1.29, 1.82) is 0 Å². The second-order valence-corrected chi connectivity index (χ2v) is 5.91. The van der Waals surface area contributed by atoms with Gasteiger partial charge < -0.3 is 14.4 Å². The molecule has 0 N–H and O–H groups in total.